The Balaban J connectivity index is 1.95. The summed E-state index contributed by atoms with van der Waals surface area (Å²) in [4.78, 5) is 25.9. The Morgan fingerprint density at radius 2 is 2.11 bits per heavy atom. The second-order valence-corrected chi connectivity index (χ2v) is 6.75. The van der Waals surface area contributed by atoms with Gasteiger partial charge in [0, 0.05) is 18.7 Å². The summed E-state index contributed by atoms with van der Waals surface area (Å²) in [6, 6.07) is 3.57. The van der Waals surface area contributed by atoms with Crippen molar-refractivity contribution < 1.29 is 23.8 Å². The van der Waals surface area contributed by atoms with Crippen LogP contribution < -0.4 is 9.47 Å². The molecule has 0 unspecified atom stereocenters. The molecule has 1 aliphatic heterocycles. The molecule has 1 saturated heterocycles. The highest BCUT2D eigenvalue weighted by Crippen LogP contribution is 2.36. The predicted molar refractivity (Wildman–Crippen MR) is 104 cm³/mol. The van der Waals surface area contributed by atoms with E-state index < -0.39 is 5.97 Å². The van der Waals surface area contributed by atoms with Crippen LogP contribution in [-0.4, -0.2) is 49.7 Å². The number of carbonyl (C=O) groups excluding carboxylic acids is 2. The molecule has 1 aromatic carbocycles. The number of ether oxygens (including phenoxy) is 3. The van der Waals surface area contributed by atoms with Crippen LogP contribution in [0.25, 0.3) is 6.08 Å². The fourth-order valence-electron chi connectivity index (χ4n) is 3.04. The van der Waals surface area contributed by atoms with Gasteiger partial charge < -0.3 is 19.1 Å². The average Bonchev–Trinajstić information content (AvgIpc) is 2.65. The molecule has 1 amide bonds. The largest absolute Gasteiger partial charge is 0.491 e. The van der Waals surface area contributed by atoms with E-state index in [0.717, 1.165) is 25.8 Å². The molecule has 0 radical (unpaired) electrons. The number of amides is 1. The van der Waals surface area contributed by atoms with Crippen molar-refractivity contribution in [2.75, 3.05) is 26.9 Å². The number of hydrogen-bond acceptors (Lipinski definition) is 5. The average molecular weight is 396 g/mol. The zero-order valence-electron chi connectivity index (χ0n) is 16.0. The lowest BCUT2D eigenvalue weighted by molar-refractivity contribution is -0.149. The van der Waals surface area contributed by atoms with Gasteiger partial charge in [-0.2, -0.15) is 0 Å². The van der Waals surface area contributed by atoms with E-state index in [1.807, 2.05) is 13.8 Å². The van der Waals surface area contributed by atoms with Gasteiger partial charge in [0.15, 0.2) is 18.1 Å². The van der Waals surface area contributed by atoms with Crippen molar-refractivity contribution in [1.29, 1.82) is 0 Å². The third-order valence-corrected chi connectivity index (χ3v) is 4.69. The van der Waals surface area contributed by atoms with Crippen molar-refractivity contribution in [3.63, 3.8) is 0 Å². The van der Waals surface area contributed by atoms with E-state index in [-0.39, 0.29) is 18.6 Å². The third kappa shape index (κ3) is 5.89. The Morgan fingerprint density at radius 3 is 2.78 bits per heavy atom. The molecule has 0 bridgehead atoms. The Hall–Kier alpha value is -2.21. The minimum atomic E-state index is -0.585. The SMILES string of the molecule is CCOc1cc(/C=C/C(=O)OCC(=O)N2CCCC[C@H]2C)cc(Cl)c1OC. The molecule has 0 N–H and O–H groups in total. The molecule has 1 aliphatic rings. The molecule has 1 atom stereocenters. The van der Waals surface area contributed by atoms with E-state index in [1.54, 1.807) is 23.1 Å². The summed E-state index contributed by atoms with van der Waals surface area (Å²) in [5.74, 6) is 0.197. The predicted octanol–water partition coefficient (Wildman–Crippen LogP) is 3.70. The molecule has 148 valence electrons. The van der Waals surface area contributed by atoms with Crippen LogP contribution in [0.4, 0.5) is 0 Å². The van der Waals surface area contributed by atoms with Crippen molar-refractivity contribution >= 4 is 29.6 Å². The molecular formula is C20H26ClNO5. The van der Waals surface area contributed by atoms with Crippen LogP contribution in [0, 0.1) is 0 Å². The fraction of sp³-hybridized carbons (Fsp3) is 0.500. The standard InChI is InChI=1S/C20H26ClNO5/c1-4-26-17-12-15(11-16(21)20(17)25-3)8-9-19(24)27-13-18(23)22-10-6-5-7-14(22)2/h8-9,11-12,14H,4-7,10,13H2,1-3H3/b9-8+/t14-/m1/s1. The number of benzene rings is 1. The maximum Gasteiger partial charge on any atom is 0.331 e. The number of methoxy groups -OCH3 is 1. The number of esters is 1. The van der Waals surface area contributed by atoms with Gasteiger partial charge in [-0.3, -0.25) is 4.79 Å². The van der Waals surface area contributed by atoms with Gasteiger partial charge in [-0.25, -0.2) is 4.79 Å². The van der Waals surface area contributed by atoms with Gasteiger partial charge in [-0.15, -0.1) is 0 Å². The minimum Gasteiger partial charge on any atom is -0.491 e. The first-order chi connectivity index (χ1) is 13.0. The van der Waals surface area contributed by atoms with Crippen LogP contribution in [0.15, 0.2) is 18.2 Å². The molecule has 1 aromatic rings. The molecule has 0 saturated carbocycles. The number of piperidine rings is 1. The molecule has 1 fully saturated rings. The molecule has 7 heteroatoms. The number of nitrogens with zero attached hydrogens (tertiary/aromatic N) is 1. The number of hydrogen-bond donors (Lipinski definition) is 0. The lowest BCUT2D eigenvalue weighted by Crippen LogP contribution is -2.44. The second kappa shape index (κ2) is 10.2. The molecular weight excluding hydrogens is 370 g/mol. The van der Waals surface area contributed by atoms with Crippen LogP contribution in [-0.2, 0) is 14.3 Å². The fourth-order valence-corrected chi connectivity index (χ4v) is 3.34. The molecule has 0 aromatic heterocycles. The summed E-state index contributed by atoms with van der Waals surface area (Å²) in [7, 11) is 1.51. The van der Waals surface area contributed by atoms with Crippen molar-refractivity contribution in [1.82, 2.24) is 4.90 Å². The van der Waals surface area contributed by atoms with E-state index >= 15 is 0 Å². The van der Waals surface area contributed by atoms with E-state index in [4.69, 9.17) is 25.8 Å². The van der Waals surface area contributed by atoms with Gasteiger partial charge in [-0.1, -0.05) is 11.6 Å². The molecule has 6 nitrogen and oxygen atoms in total. The summed E-state index contributed by atoms with van der Waals surface area (Å²) >= 11 is 6.18. The normalized spacial score (nSPS) is 17.0. The van der Waals surface area contributed by atoms with Crippen molar-refractivity contribution in [3.8, 4) is 11.5 Å². The zero-order chi connectivity index (χ0) is 19.8. The number of carbonyl (C=O) groups is 2. The quantitative estimate of drug-likeness (QED) is 0.520. The third-order valence-electron chi connectivity index (χ3n) is 4.41. The molecule has 0 spiro atoms. The van der Waals surface area contributed by atoms with Gasteiger partial charge in [0.2, 0.25) is 0 Å². The van der Waals surface area contributed by atoms with Gasteiger partial charge in [0.25, 0.3) is 5.91 Å². The highest BCUT2D eigenvalue weighted by Gasteiger charge is 2.23. The van der Waals surface area contributed by atoms with Gasteiger partial charge in [-0.05, 0) is 56.9 Å². The van der Waals surface area contributed by atoms with E-state index in [1.165, 1.54) is 13.2 Å². The zero-order valence-corrected chi connectivity index (χ0v) is 16.8. The van der Waals surface area contributed by atoms with E-state index in [9.17, 15) is 9.59 Å². The monoisotopic (exact) mass is 395 g/mol. The molecule has 1 heterocycles. The number of likely N-dealkylation sites (tertiary alicyclic amines) is 1. The van der Waals surface area contributed by atoms with Crippen LogP contribution in [0.1, 0.15) is 38.7 Å². The number of rotatable bonds is 7. The second-order valence-electron chi connectivity index (χ2n) is 6.34. The summed E-state index contributed by atoms with van der Waals surface area (Å²) in [5, 5.41) is 0.380. The molecule has 2 rings (SSSR count). The van der Waals surface area contributed by atoms with Crippen LogP contribution in [0.2, 0.25) is 5.02 Å². The summed E-state index contributed by atoms with van der Waals surface area (Å²) in [6.07, 6.45) is 5.93. The van der Waals surface area contributed by atoms with Gasteiger partial charge in [0.1, 0.15) is 0 Å². The minimum absolute atomic E-state index is 0.157. The Labute approximate surface area is 165 Å². The number of halogens is 1. The summed E-state index contributed by atoms with van der Waals surface area (Å²) < 4.78 is 15.8. The summed E-state index contributed by atoms with van der Waals surface area (Å²) in [5.41, 5.74) is 0.664. The highest BCUT2D eigenvalue weighted by atomic mass is 35.5. The first kappa shape index (κ1) is 21.1. The Kier molecular flexibility index (Phi) is 7.98. The van der Waals surface area contributed by atoms with Crippen LogP contribution in [0.5, 0.6) is 11.5 Å². The lowest BCUT2D eigenvalue weighted by atomic mass is 10.0. The first-order valence-corrected chi connectivity index (χ1v) is 9.48. The van der Waals surface area contributed by atoms with Crippen molar-refractivity contribution in [3.05, 3.63) is 28.8 Å². The van der Waals surface area contributed by atoms with E-state index in [0.29, 0.717) is 28.7 Å². The smallest absolute Gasteiger partial charge is 0.331 e. The summed E-state index contributed by atoms with van der Waals surface area (Å²) in [6.45, 7) is 4.80. The maximum absolute atomic E-state index is 12.2. The lowest BCUT2D eigenvalue weighted by Gasteiger charge is -2.33. The Bertz CT molecular complexity index is 704. The van der Waals surface area contributed by atoms with Crippen molar-refractivity contribution in [2.24, 2.45) is 0 Å². The van der Waals surface area contributed by atoms with Crippen LogP contribution in [0.3, 0.4) is 0 Å². The first-order valence-electron chi connectivity index (χ1n) is 9.10. The topological polar surface area (TPSA) is 65.1 Å². The van der Waals surface area contributed by atoms with Crippen molar-refractivity contribution in [2.45, 2.75) is 39.2 Å². The van der Waals surface area contributed by atoms with Gasteiger partial charge >= 0.3 is 5.97 Å². The molecule has 27 heavy (non-hydrogen) atoms. The van der Waals surface area contributed by atoms with Gasteiger partial charge in [0.05, 0.1) is 18.7 Å². The highest BCUT2D eigenvalue weighted by molar-refractivity contribution is 6.32. The molecule has 0 aliphatic carbocycles. The maximum atomic E-state index is 12.2. The Morgan fingerprint density at radius 1 is 1.33 bits per heavy atom. The van der Waals surface area contributed by atoms with E-state index in [2.05, 4.69) is 0 Å². The van der Waals surface area contributed by atoms with Crippen LogP contribution >= 0.6 is 11.6 Å².